The number of aryl methyl sites for hydroxylation is 2. The zero-order valence-corrected chi connectivity index (χ0v) is 11.1. The van der Waals surface area contributed by atoms with E-state index in [1.165, 1.54) is 0 Å². The number of nitrogens with zero attached hydrogens (tertiary/aromatic N) is 2. The summed E-state index contributed by atoms with van der Waals surface area (Å²) in [6, 6.07) is 6.09. The average molecular weight is 245 g/mol. The van der Waals surface area contributed by atoms with Crippen LogP contribution in [0, 0.1) is 0 Å². The van der Waals surface area contributed by atoms with Crippen LogP contribution in [0.5, 0.6) is 5.75 Å². The molecule has 0 atom stereocenters. The third-order valence-corrected chi connectivity index (χ3v) is 3.05. The predicted molar refractivity (Wildman–Crippen MR) is 72.5 cm³/mol. The minimum atomic E-state index is 0.471. The van der Waals surface area contributed by atoms with Gasteiger partial charge in [0.15, 0.2) is 0 Å². The molecule has 0 aliphatic carbocycles. The highest BCUT2D eigenvalue weighted by Crippen LogP contribution is 2.28. The predicted octanol–water partition coefficient (Wildman–Crippen LogP) is 2.12. The monoisotopic (exact) mass is 245 g/mol. The standard InChI is InChI=1S/C14H19N3O/c1-4-13-12(9-17(2)16-13)10-5-6-14(18-3)11(7-10)8-15/h5-7,9H,4,8,15H2,1-3H3. The summed E-state index contributed by atoms with van der Waals surface area (Å²) in [5.41, 5.74) is 10.2. The van der Waals surface area contributed by atoms with Gasteiger partial charge >= 0.3 is 0 Å². The number of hydrogen-bond acceptors (Lipinski definition) is 3. The van der Waals surface area contributed by atoms with Crippen LogP contribution in [0.4, 0.5) is 0 Å². The molecule has 0 unspecified atom stereocenters. The van der Waals surface area contributed by atoms with Crippen molar-refractivity contribution in [2.24, 2.45) is 12.8 Å². The van der Waals surface area contributed by atoms with Gasteiger partial charge in [-0.3, -0.25) is 4.68 Å². The number of hydrogen-bond donors (Lipinski definition) is 1. The topological polar surface area (TPSA) is 53.1 Å². The van der Waals surface area contributed by atoms with Gasteiger partial charge in [-0.1, -0.05) is 13.0 Å². The number of ether oxygens (including phenoxy) is 1. The van der Waals surface area contributed by atoms with Gasteiger partial charge in [-0.25, -0.2) is 0 Å². The van der Waals surface area contributed by atoms with Gasteiger partial charge in [0.05, 0.1) is 12.8 Å². The number of aromatic nitrogens is 2. The van der Waals surface area contributed by atoms with E-state index in [1.54, 1.807) is 7.11 Å². The SMILES string of the molecule is CCc1nn(C)cc1-c1ccc(OC)c(CN)c1. The minimum Gasteiger partial charge on any atom is -0.496 e. The molecule has 0 bridgehead atoms. The molecule has 4 heteroatoms. The van der Waals surface area contributed by atoms with E-state index >= 15 is 0 Å². The highest BCUT2D eigenvalue weighted by molar-refractivity contribution is 5.67. The zero-order valence-electron chi connectivity index (χ0n) is 11.1. The smallest absolute Gasteiger partial charge is 0.123 e. The van der Waals surface area contributed by atoms with Gasteiger partial charge in [-0.05, 0) is 24.1 Å². The Labute approximate surface area is 107 Å². The number of rotatable bonds is 4. The molecular weight excluding hydrogens is 226 g/mol. The maximum absolute atomic E-state index is 5.75. The molecule has 0 aliphatic rings. The molecule has 2 aromatic rings. The summed E-state index contributed by atoms with van der Waals surface area (Å²) in [6.07, 6.45) is 2.96. The van der Waals surface area contributed by atoms with Gasteiger partial charge in [-0.2, -0.15) is 5.10 Å². The molecule has 4 nitrogen and oxygen atoms in total. The van der Waals surface area contributed by atoms with Crippen LogP contribution in [0.25, 0.3) is 11.1 Å². The third kappa shape index (κ3) is 2.24. The number of methoxy groups -OCH3 is 1. The molecule has 0 saturated heterocycles. The molecule has 96 valence electrons. The van der Waals surface area contributed by atoms with Crippen LogP contribution in [-0.4, -0.2) is 16.9 Å². The summed E-state index contributed by atoms with van der Waals surface area (Å²) in [4.78, 5) is 0. The van der Waals surface area contributed by atoms with Crippen LogP contribution in [-0.2, 0) is 20.0 Å². The minimum absolute atomic E-state index is 0.471. The molecular formula is C14H19N3O. The summed E-state index contributed by atoms with van der Waals surface area (Å²) in [5, 5.41) is 4.46. The lowest BCUT2D eigenvalue weighted by Gasteiger charge is -2.09. The van der Waals surface area contributed by atoms with E-state index in [4.69, 9.17) is 10.5 Å². The van der Waals surface area contributed by atoms with E-state index in [0.29, 0.717) is 6.54 Å². The normalized spacial score (nSPS) is 10.7. The fourth-order valence-electron chi connectivity index (χ4n) is 2.14. The maximum Gasteiger partial charge on any atom is 0.123 e. The van der Waals surface area contributed by atoms with Crippen LogP contribution in [0.15, 0.2) is 24.4 Å². The molecule has 1 aromatic carbocycles. The molecule has 0 amide bonds. The summed E-state index contributed by atoms with van der Waals surface area (Å²) in [7, 11) is 3.60. The van der Waals surface area contributed by atoms with Crippen molar-refractivity contribution in [2.75, 3.05) is 7.11 Å². The van der Waals surface area contributed by atoms with Crippen molar-refractivity contribution in [3.05, 3.63) is 35.7 Å². The Morgan fingerprint density at radius 2 is 2.17 bits per heavy atom. The van der Waals surface area contributed by atoms with Crippen LogP contribution in [0.1, 0.15) is 18.2 Å². The molecule has 2 rings (SSSR count). The Morgan fingerprint density at radius 3 is 2.78 bits per heavy atom. The molecule has 0 spiro atoms. The van der Waals surface area contributed by atoms with Gasteiger partial charge in [0, 0.05) is 30.9 Å². The van der Waals surface area contributed by atoms with Gasteiger partial charge in [0.2, 0.25) is 0 Å². The van der Waals surface area contributed by atoms with Gasteiger partial charge < -0.3 is 10.5 Å². The van der Waals surface area contributed by atoms with Crippen molar-refractivity contribution >= 4 is 0 Å². The quantitative estimate of drug-likeness (QED) is 0.897. The van der Waals surface area contributed by atoms with Crippen LogP contribution in [0.2, 0.25) is 0 Å². The molecule has 1 aromatic heterocycles. The van der Waals surface area contributed by atoms with E-state index in [0.717, 1.165) is 34.6 Å². The molecule has 2 N–H and O–H groups in total. The number of benzene rings is 1. The Kier molecular flexibility index (Phi) is 3.67. The van der Waals surface area contributed by atoms with E-state index < -0.39 is 0 Å². The van der Waals surface area contributed by atoms with Gasteiger partial charge in [0.1, 0.15) is 5.75 Å². The third-order valence-electron chi connectivity index (χ3n) is 3.05. The highest BCUT2D eigenvalue weighted by Gasteiger charge is 2.10. The largest absolute Gasteiger partial charge is 0.496 e. The fourth-order valence-corrected chi connectivity index (χ4v) is 2.14. The van der Waals surface area contributed by atoms with E-state index in [2.05, 4.69) is 18.1 Å². The summed E-state index contributed by atoms with van der Waals surface area (Å²) in [6.45, 7) is 2.58. The van der Waals surface area contributed by atoms with Crippen LogP contribution in [0.3, 0.4) is 0 Å². The molecule has 0 aliphatic heterocycles. The first-order valence-corrected chi connectivity index (χ1v) is 6.09. The van der Waals surface area contributed by atoms with Crippen molar-refractivity contribution in [2.45, 2.75) is 19.9 Å². The second-order valence-electron chi connectivity index (χ2n) is 4.25. The van der Waals surface area contributed by atoms with Crippen molar-refractivity contribution in [1.29, 1.82) is 0 Å². The molecule has 0 fully saturated rings. The average Bonchev–Trinajstić information content (AvgIpc) is 2.79. The Morgan fingerprint density at radius 1 is 1.39 bits per heavy atom. The first-order chi connectivity index (χ1) is 8.69. The zero-order chi connectivity index (χ0) is 13.1. The van der Waals surface area contributed by atoms with Gasteiger partial charge in [-0.15, -0.1) is 0 Å². The first kappa shape index (κ1) is 12.6. The van der Waals surface area contributed by atoms with Gasteiger partial charge in [0.25, 0.3) is 0 Å². The summed E-state index contributed by atoms with van der Waals surface area (Å²) < 4.78 is 7.14. The van der Waals surface area contributed by atoms with Crippen molar-refractivity contribution in [1.82, 2.24) is 9.78 Å². The van der Waals surface area contributed by atoms with E-state index in [-0.39, 0.29) is 0 Å². The highest BCUT2D eigenvalue weighted by atomic mass is 16.5. The molecule has 18 heavy (non-hydrogen) atoms. The van der Waals surface area contributed by atoms with E-state index in [1.807, 2.05) is 30.1 Å². The summed E-state index contributed by atoms with van der Waals surface area (Å²) >= 11 is 0. The first-order valence-electron chi connectivity index (χ1n) is 6.09. The number of nitrogens with two attached hydrogens (primary N) is 1. The van der Waals surface area contributed by atoms with Crippen molar-refractivity contribution in [3.63, 3.8) is 0 Å². The second-order valence-corrected chi connectivity index (χ2v) is 4.25. The Bertz CT molecular complexity index is 546. The fraction of sp³-hybridized carbons (Fsp3) is 0.357. The lowest BCUT2D eigenvalue weighted by molar-refractivity contribution is 0.410. The lowest BCUT2D eigenvalue weighted by Crippen LogP contribution is -2.00. The van der Waals surface area contributed by atoms with E-state index in [9.17, 15) is 0 Å². The maximum atomic E-state index is 5.75. The van der Waals surface area contributed by atoms with Crippen molar-refractivity contribution in [3.8, 4) is 16.9 Å². The Hall–Kier alpha value is -1.81. The summed E-state index contributed by atoms with van der Waals surface area (Å²) in [5.74, 6) is 0.836. The van der Waals surface area contributed by atoms with Crippen LogP contribution < -0.4 is 10.5 Å². The second kappa shape index (κ2) is 5.23. The Balaban J connectivity index is 2.50. The van der Waals surface area contributed by atoms with Crippen LogP contribution >= 0.6 is 0 Å². The molecule has 0 radical (unpaired) electrons. The molecule has 1 heterocycles. The molecule has 0 saturated carbocycles. The lowest BCUT2D eigenvalue weighted by atomic mass is 10.0. The van der Waals surface area contributed by atoms with Crippen molar-refractivity contribution < 1.29 is 4.74 Å².